The fraction of sp³-hybridized carbons (Fsp3) is 1.00. The second-order valence-electron chi connectivity index (χ2n) is 5.42. The number of rotatable bonds is 3. The first-order valence-corrected chi connectivity index (χ1v) is 7.79. The predicted octanol–water partition coefficient (Wildman–Crippen LogP) is 0.513. The van der Waals surface area contributed by atoms with Gasteiger partial charge in [0.2, 0.25) is 0 Å². The van der Waals surface area contributed by atoms with Crippen LogP contribution in [-0.2, 0) is 10.2 Å². The maximum Gasteiger partial charge on any atom is 0.280 e. The Morgan fingerprint density at radius 3 is 2.00 bits per heavy atom. The van der Waals surface area contributed by atoms with Crippen LogP contribution in [0.25, 0.3) is 0 Å². The van der Waals surface area contributed by atoms with Crippen molar-refractivity contribution in [2.24, 2.45) is 0 Å². The van der Waals surface area contributed by atoms with Gasteiger partial charge in [-0.15, -0.1) is 0 Å². The van der Waals surface area contributed by atoms with Gasteiger partial charge in [0.25, 0.3) is 10.2 Å². The lowest BCUT2D eigenvalue weighted by Gasteiger charge is -2.36. The molecule has 17 heavy (non-hydrogen) atoms. The van der Waals surface area contributed by atoms with Gasteiger partial charge in [0.05, 0.1) is 0 Å². The highest BCUT2D eigenvalue weighted by molar-refractivity contribution is 7.87. The third kappa shape index (κ3) is 4.75. The molecule has 0 bridgehead atoms. The molecule has 1 rings (SSSR count). The van der Waals surface area contributed by atoms with Gasteiger partial charge in [-0.3, -0.25) is 4.90 Å². The molecule has 0 amide bonds. The van der Waals surface area contributed by atoms with Gasteiger partial charge < -0.3 is 0 Å². The number of nitrogens with one attached hydrogen (secondary N) is 1. The zero-order valence-electron chi connectivity index (χ0n) is 11.0. The average molecular weight is 281 g/mol. The van der Waals surface area contributed by atoms with E-state index in [0.717, 1.165) is 13.1 Å². The third-order valence-electron chi connectivity index (χ3n) is 2.58. The molecule has 102 valence electrons. The summed E-state index contributed by atoms with van der Waals surface area (Å²) in [6.07, 6.45) is 0. The summed E-state index contributed by atoms with van der Waals surface area (Å²) < 4.78 is 28.3. The number of nitrogens with zero attached hydrogens (tertiary/aromatic N) is 2. The summed E-state index contributed by atoms with van der Waals surface area (Å²) in [6, 6.07) is 0. The summed E-state index contributed by atoms with van der Waals surface area (Å²) in [5, 5.41) is 0.176. The first-order chi connectivity index (χ1) is 7.62. The Hall–Kier alpha value is 0.180. The van der Waals surface area contributed by atoms with Crippen LogP contribution in [0, 0.1) is 0 Å². The van der Waals surface area contributed by atoms with E-state index in [1.54, 1.807) is 0 Å². The minimum absolute atomic E-state index is 0.176. The van der Waals surface area contributed by atoms with Crippen molar-refractivity contribution in [1.29, 1.82) is 0 Å². The predicted molar refractivity (Wildman–Crippen MR) is 73.4 cm³/mol. The quantitative estimate of drug-likeness (QED) is 0.741. The van der Waals surface area contributed by atoms with Gasteiger partial charge in [0, 0.05) is 37.1 Å². The molecule has 1 N–H and O–H groups in total. The molecule has 0 radical (unpaired) electrons. The summed E-state index contributed by atoms with van der Waals surface area (Å²) in [5.41, 5.74) is -0.438. The molecule has 1 unspecified atom stereocenters. The van der Waals surface area contributed by atoms with Crippen LogP contribution >= 0.6 is 12.6 Å². The van der Waals surface area contributed by atoms with Gasteiger partial charge in [-0.2, -0.15) is 30.1 Å². The standard InChI is InChI=1S/C10H23N3O2S2/c1-9(16)12-5-7-13(8-6-12)17(14,15)11-10(2,3)4/h9,11,16H,5-8H2,1-4H3. The van der Waals surface area contributed by atoms with Crippen LogP contribution in [0.5, 0.6) is 0 Å². The second-order valence-corrected chi connectivity index (χ2v) is 7.84. The van der Waals surface area contributed by atoms with Gasteiger partial charge in [0.15, 0.2) is 0 Å². The highest BCUT2D eigenvalue weighted by Gasteiger charge is 2.30. The molecule has 1 atom stereocenters. The minimum atomic E-state index is -3.36. The fourth-order valence-electron chi connectivity index (χ4n) is 1.77. The summed E-state index contributed by atoms with van der Waals surface area (Å²) in [4.78, 5) is 2.16. The number of hydrogen-bond donors (Lipinski definition) is 2. The van der Waals surface area contributed by atoms with E-state index in [4.69, 9.17) is 0 Å². The van der Waals surface area contributed by atoms with Crippen LogP contribution < -0.4 is 4.72 Å². The van der Waals surface area contributed by atoms with Crippen molar-refractivity contribution >= 4 is 22.8 Å². The van der Waals surface area contributed by atoms with Crippen molar-refractivity contribution in [3.8, 4) is 0 Å². The summed E-state index contributed by atoms with van der Waals surface area (Å²) in [6.45, 7) is 10.0. The maximum absolute atomic E-state index is 12.1. The second kappa shape index (κ2) is 5.44. The monoisotopic (exact) mass is 281 g/mol. The molecule has 0 saturated carbocycles. The molecule has 1 heterocycles. The maximum atomic E-state index is 12.1. The Kier molecular flexibility index (Phi) is 4.88. The van der Waals surface area contributed by atoms with E-state index in [9.17, 15) is 8.42 Å². The molecule has 1 saturated heterocycles. The van der Waals surface area contributed by atoms with E-state index >= 15 is 0 Å². The van der Waals surface area contributed by atoms with Gasteiger partial charge in [0.1, 0.15) is 0 Å². The SMILES string of the molecule is CC(S)N1CCN(S(=O)(=O)NC(C)(C)C)CC1. The Balaban J connectivity index is 2.59. The molecule has 5 nitrogen and oxygen atoms in total. The van der Waals surface area contributed by atoms with Crippen LogP contribution in [0.3, 0.4) is 0 Å². The topological polar surface area (TPSA) is 52.7 Å². The Labute approximate surface area is 110 Å². The first-order valence-electron chi connectivity index (χ1n) is 5.83. The summed E-state index contributed by atoms with van der Waals surface area (Å²) in [7, 11) is -3.36. The molecule has 1 fully saturated rings. The molecule has 0 spiro atoms. The largest absolute Gasteiger partial charge is 0.289 e. The fourth-order valence-corrected chi connectivity index (χ4v) is 3.55. The zero-order valence-corrected chi connectivity index (χ0v) is 12.7. The smallest absolute Gasteiger partial charge is 0.280 e. The van der Waals surface area contributed by atoms with E-state index in [0.29, 0.717) is 13.1 Å². The average Bonchev–Trinajstić information content (AvgIpc) is 2.14. The van der Waals surface area contributed by atoms with Crippen LogP contribution in [0.4, 0.5) is 0 Å². The Bertz CT molecular complexity index is 341. The van der Waals surface area contributed by atoms with Gasteiger partial charge in [-0.05, 0) is 27.7 Å². The number of thiol groups is 1. The molecular weight excluding hydrogens is 258 g/mol. The van der Waals surface area contributed by atoms with Crippen molar-refractivity contribution in [1.82, 2.24) is 13.9 Å². The van der Waals surface area contributed by atoms with E-state index < -0.39 is 15.7 Å². The van der Waals surface area contributed by atoms with Gasteiger partial charge >= 0.3 is 0 Å². The summed E-state index contributed by atoms with van der Waals surface area (Å²) in [5.74, 6) is 0. The van der Waals surface area contributed by atoms with Crippen molar-refractivity contribution in [3.05, 3.63) is 0 Å². The van der Waals surface area contributed by atoms with Crippen LogP contribution in [0.15, 0.2) is 0 Å². The van der Waals surface area contributed by atoms with E-state index in [-0.39, 0.29) is 5.37 Å². The van der Waals surface area contributed by atoms with Crippen molar-refractivity contribution in [2.45, 2.75) is 38.6 Å². The Morgan fingerprint density at radius 2 is 1.65 bits per heavy atom. The zero-order chi connectivity index (χ0) is 13.3. The van der Waals surface area contributed by atoms with Crippen LogP contribution in [0.1, 0.15) is 27.7 Å². The lowest BCUT2D eigenvalue weighted by molar-refractivity contribution is 0.181. The van der Waals surface area contributed by atoms with Crippen molar-refractivity contribution in [2.75, 3.05) is 26.2 Å². The molecule has 0 aliphatic carbocycles. The van der Waals surface area contributed by atoms with Crippen LogP contribution in [0.2, 0.25) is 0 Å². The van der Waals surface area contributed by atoms with Crippen molar-refractivity contribution in [3.63, 3.8) is 0 Å². The molecule has 7 heteroatoms. The molecule has 0 aromatic carbocycles. The Morgan fingerprint density at radius 1 is 1.18 bits per heavy atom. The first kappa shape index (κ1) is 15.2. The highest BCUT2D eigenvalue weighted by atomic mass is 32.2. The van der Waals surface area contributed by atoms with E-state index in [1.165, 1.54) is 4.31 Å². The number of hydrogen-bond acceptors (Lipinski definition) is 4. The van der Waals surface area contributed by atoms with E-state index in [1.807, 2.05) is 27.7 Å². The van der Waals surface area contributed by atoms with Crippen LogP contribution in [-0.4, -0.2) is 54.7 Å². The number of piperazine rings is 1. The lowest BCUT2D eigenvalue weighted by Crippen LogP contribution is -2.55. The molecule has 0 aromatic heterocycles. The molecular formula is C10H23N3O2S2. The molecule has 1 aliphatic rings. The molecule has 1 aliphatic heterocycles. The normalized spacial score (nSPS) is 22.6. The summed E-state index contributed by atoms with van der Waals surface area (Å²) >= 11 is 4.35. The van der Waals surface area contributed by atoms with Crippen molar-refractivity contribution < 1.29 is 8.42 Å². The molecule has 0 aromatic rings. The lowest BCUT2D eigenvalue weighted by atomic mass is 10.1. The third-order valence-corrected chi connectivity index (χ3v) is 4.82. The van der Waals surface area contributed by atoms with Gasteiger partial charge in [-0.25, -0.2) is 0 Å². The highest BCUT2D eigenvalue weighted by Crippen LogP contribution is 2.12. The van der Waals surface area contributed by atoms with Gasteiger partial charge in [-0.1, -0.05) is 0 Å². The van der Waals surface area contributed by atoms with E-state index in [2.05, 4.69) is 22.3 Å². The minimum Gasteiger partial charge on any atom is -0.289 e.